The van der Waals surface area contributed by atoms with Gasteiger partial charge in [-0.3, -0.25) is 20.8 Å². The van der Waals surface area contributed by atoms with E-state index in [2.05, 4.69) is 29.7 Å². The van der Waals surface area contributed by atoms with Crippen molar-refractivity contribution in [2.45, 2.75) is 0 Å². The molecule has 0 fully saturated rings. The molecule has 9 nitrogen and oxygen atoms in total. The number of hydrogen-bond acceptors (Lipinski definition) is 6. The van der Waals surface area contributed by atoms with Crippen LogP contribution in [-0.2, 0) is 10.4 Å². The first kappa shape index (κ1) is 17.5. The summed E-state index contributed by atoms with van der Waals surface area (Å²) in [4.78, 5) is 0. The molecule has 0 aliphatic heterocycles. The Morgan fingerprint density at radius 2 is 1.42 bits per heavy atom. The predicted octanol–water partition coefficient (Wildman–Crippen LogP) is -3.14. The molecule has 0 aliphatic carbocycles. The Hall–Kier alpha value is -0.560. The first-order valence-electron chi connectivity index (χ1n) is 2.06. The summed E-state index contributed by atoms with van der Waals surface area (Å²) < 4.78 is 31.6. The number of hydrogen-bond donors (Lipinski definition) is 7. The van der Waals surface area contributed by atoms with Crippen LogP contribution in [0.15, 0.2) is 0 Å². The maximum Gasteiger partial charge on any atom is 0.394 e. The molecule has 0 rings (SSSR count). The molecular formula is CH11N5O4S2. The SMILES string of the molecule is NN.NNC(N)=S.O=S(=O)(O)O. The minimum absolute atomic E-state index is 0.116. The summed E-state index contributed by atoms with van der Waals surface area (Å²) in [5, 5.41) is 0.116. The molecule has 0 saturated heterocycles. The van der Waals surface area contributed by atoms with Crippen molar-refractivity contribution in [2.75, 3.05) is 0 Å². The van der Waals surface area contributed by atoms with Crippen LogP contribution >= 0.6 is 12.2 Å². The molecular weight excluding hydrogens is 210 g/mol. The van der Waals surface area contributed by atoms with E-state index in [0.29, 0.717) is 0 Å². The summed E-state index contributed by atoms with van der Waals surface area (Å²) in [6, 6.07) is 0. The highest BCUT2D eigenvalue weighted by Crippen LogP contribution is 1.59. The van der Waals surface area contributed by atoms with Crippen molar-refractivity contribution in [3.8, 4) is 0 Å². The third kappa shape index (κ3) is 324. The van der Waals surface area contributed by atoms with E-state index in [1.165, 1.54) is 0 Å². The highest BCUT2D eigenvalue weighted by molar-refractivity contribution is 7.80. The molecule has 0 heterocycles. The number of nitrogens with two attached hydrogens (primary N) is 4. The highest BCUT2D eigenvalue weighted by Gasteiger charge is 1.84. The van der Waals surface area contributed by atoms with Crippen molar-refractivity contribution < 1.29 is 17.5 Å². The van der Waals surface area contributed by atoms with Gasteiger partial charge >= 0.3 is 10.4 Å². The molecule has 0 aliphatic rings. The van der Waals surface area contributed by atoms with Crippen LogP contribution < -0.4 is 28.7 Å². The van der Waals surface area contributed by atoms with Crippen LogP contribution in [0.1, 0.15) is 0 Å². The average molecular weight is 221 g/mol. The zero-order valence-corrected chi connectivity index (χ0v) is 7.47. The fourth-order valence-corrected chi connectivity index (χ4v) is 0. The van der Waals surface area contributed by atoms with Crippen molar-refractivity contribution in [3.05, 3.63) is 0 Å². The summed E-state index contributed by atoms with van der Waals surface area (Å²) in [5.74, 6) is 12.7. The van der Waals surface area contributed by atoms with Crippen LogP contribution in [0.5, 0.6) is 0 Å². The molecule has 0 bridgehead atoms. The van der Waals surface area contributed by atoms with Gasteiger partial charge in [0, 0.05) is 0 Å². The zero-order chi connectivity index (χ0) is 10.8. The van der Waals surface area contributed by atoms with Gasteiger partial charge in [0.15, 0.2) is 5.11 Å². The molecule has 0 spiro atoms. The fourth-order valence-electron chi connectivity index (χ4n) is 0. The van der Waals surface area contributed by atoms with Crippen molar-refractivity contribution in [2.24, 2.45) is 23.3 Å². The van der Waals surface area contributed by atoms with Gasteiger partial charge in [-0.15, -0.1) is 0 Å². The standard InChI is InChI=1S/CH5N3S.H4N2.H2O4S/c2-1(5)4-3;1-2;1-5(2,3)4/h3H2,(H3,2,4,5);1-2H2;(H2,1,2,3,4). The van der Waals surface area contributed by atoms with Crippen LogP contribution in [-0.4, -0.2) is 22.6 Å². The monoisotopic (exact) mass is 221 g/mol. The molecule has 0 aromatic carbocycles. The Balaban J connectivity index is -0.000000112. The Morgan fingerprint density at radius 3 is 1.42 bits per heavy atom. The smallest absolute Gasteiger partial charge is 0.375 e. The topological polar surface area (TPSA) is 191 Å². The van der Waals surface area contributed by atoms with Gasteiger partial charge in [-0.2, -0.15) is 8.42 Å². The lowest BCUT2D eigenvalue weighted by Crippen LogP contribution is -2.34. The van der Waals surface area contributed by atoms with Crippen LogP contribution in [0.2, 0.25) is 0 Å². The maximum absolute atomic E-state index is 8.74. The Morgan fingerprint density at radius 1 is 1.33 bits per heavy atom. The zero-order valence-electron chi connectivity index (χ0n) is 5.84. The van der Waals surface area contributed by atoms with E-state index >= 15 is 0 Å². The van der Waals surface area contributed by atoms with Crippen LogP contribution in [0.4, 0.5) is 0 Å². The van der Waals surface area contributed by atoms with E-state index < -0.39 is 10.4 Å². The molecule has 0 unspecified atom stereocenters. The molecule has 11 N–H and O–H groups in total. The van der Waals surface area contributed by atoms with E-state index in [9.17, 15) is 0 Å². The Bertz CT molecular complexity index is 180. The molecule has 76 valence electrons. The lowest BCUT2D eigenvalue weighted by Gasteiger charge is -1.85. The second-order valence-corrected chi connectivity index (χ2v) is 2.29. The van der Waals surface area contributed by atoms with E-state index in [-0.39, 0.29) is 5.11 Å². The van der Waals surface area contributed by atoms with Gasteiger partial charge < -0.3 is 11.2 Å². The van der Waals surface area contributed by atoms with Gasteiger partial charge in [-0.1, -0.05) is 0 Å². The molecule has 0 aromatic heterocycles. The predicted molar refractivity (Wildman–Crippen MR) is 46.7 cm³/mol. The van der Waals surface area contributed by atoms with Gasteiger partial charge in [-0.25, -0.2) is 5.84 Å². The van der Waals surface area contributed by atoms with Crippen LogP contribution in [0.3, 0.4) is 0 Å². The Labute approximate surface area is 74.6 Å². The van der Waals surface area contributed by atoms with E-state index in [4.69, 9.17) is 23.3 Å². The minimum atomic E-state index is -4.67. The van der Waals surface area contributed by atoms with Gasteiger partial charge in [0.05, 0.1) is 0 Å². The van der Waals surface area contributed by atoms with Crippen LogP contribution in [0, 0.1) is 0 Å². The lowest BCUT2D eigenvalue weighted by atomic mass is 11.2. The summed E-state index contributed by atoms with van der Waals surface area (Å²) in [6.45, 7) is 0. The van der Waals surface area contributed by atoms with Crippen LogP contribution in [0.25, 0.3) is 0 Å². The molecule has 0 radical (unpaired) electrons. The summed E-state index contributed by atoms with van der Waals surface area (Å²) in [7, 11) is -4.67. The average Bonchev–Trinajstić information content (AvgIpc) is 1.89. The number of thiocarbonyl (C=S) groups is 1. The summed E-state index contributed by atoms with van der Waals surface area (Å²) in [6.07, 6.45) is 0. The van der Waals surface area contributed by atoms with Crippen molar-refractivity contribution in [1.82, 2.24) is 5.43 Å². The van der Waals surface area contributed by atoms with Crippen molar-refractivity contribution in [1.29, 1.82) is 0 Å². The van der Waals surface area contributed by atoms with Gasteiger partial charge in [0.2, 0.25) is 0 Å². The summed E-state index contributed by atoms with van der Waals surface area (Å²) >= 11 is 4.24. The second-order valence-electron chi connectivity index (χ2n) is 0.956. The van der Waals surface area contributed by atoms with Gasteiger partial charge in [-0.05, 0) is 12.2 Å². The van der Waals surface area contributed by atoms with Crippen molar-refractivity contribution >= 4 is 27.7 Å². The summed E-state index contributed by atoms with van der Waals surface area (Å²) in [5.41, 5.74) is 6.82. The minimum Gasteiger partial charge on any atom is -0.375 e. The quantitative estimate of drug-likeness (QED) is 0.0951. The third-order valence-electron chi connectivity index (χ3n) is 0.142. The third-order valence-corrected chi connectivity index (χ3v) is 0.260. The molecule has 0 amide bonds. The number of nitrogens with one attached hydrogen (secondary N) is 1. The highest BCUT2D eigenvalue weighted by atomic mass is 32.3. The molecule has 0 atom stereocenters. The van der Waals surface area contributed by atoms with E-state index in [0.717, 1.165) is 0 Å². The van der Waals surface area contributed by atoms with Crippen molar-refractivity contribution in [3.63, 3.8) is 0 Å². The van der Waals surface area contributed by atoms with Gasteiger partial charge in [0.1, 0.15) is 0 Å². The maximum atomic E-state index is 8.74. The molecule has 0 saturated carbocycles. The first-order chi connectivity index (χ1) is 5.27. The normalized spacial score (nSPS) is 8.08. The lowest BCUT2D eigenvalue weighted by molar-refractivity contribution is 0.381. The molecule has 0 aromatic rings. The Kier molecular flexibility index (Phi) is 15.2. The second kappa shape index (κ2) is 10.4. The number of rotatable bonds is 0. The first-order valence-corrected chi connectivity index (χ1v) is 3.87. The number of hydrazine groups is 2. The van der Waals surface area contributed by atoms with E-state index in [1.807, 2.05) is 5.43 Å². The van der Waals surface area contributed by atoms with Gasteiger partial charge in [0.25, 0.3) is 0 Å². The fraction of sp³-hybridized carbons (Fsp3) is 0. The largest absolute Gasteiger partial charge is 0.394 e. The molecule has 12 heavy (non-hydrogen) atoms. The van der Waals surface area contributed by atoms with E-state index in [1.54, 1.807) is 0 Å². The molecule has 11 heteroatoms.